The van der Waals surface area contributed by atoms with Crippen molar-refractivity contribution in [1.82, 2.24) is 9.78 Å². The van der Waals surface area contributed by atoms with Gasteiger partial charge in [-0.3, -0.25) is 4.68 Å². The van der Waals surface area contributed by atoms with Gasteiger partial charge in [0.1, 0.15) is 0 Å². The lowest BCUT2D eigenvalue weighted by molar-refractivity contribution is 0.776. The SMILES string of the molecule is Cc1sccc1-c1c(N)cnn1C. The Morgan fingerprint density at radius 3 is 2.77 bits per heavy atom. The van der Waals surface area contributed by atoms with E-state index in [4.69, 9.17) is 5.73 Å². The molecule has 0 saturated carbocycles. The van der Waals surface area contributed by atoms with Gasteiger partial charge in [-0.1, -0.05) is 0 Å². The highest BCUT2D eigenvalue weighted by atomic mass is 32.1. The molecule has 0 saturated heterocycles. The fraction of sp³-hybridized carbons (Fsp3) is 0.222. The molecule has 0 fully saturated rings. The van der Waals surface area contributed by atoms with E-state index in [-0.39, 0.29) is 0 Å². The molecule has 2 heterocycles. The zero-order valence-electron chi connectivity index (χ0n) is 7.61. The van der Waals surface area contributed by atoms with Crippen molar-refractivity contribution in [3.63, 3.8) is 0 Å². The third kappa shape index (κ3) is 1.23. The van der Waals surface area contributed by atoms with E-state index in [0.29, 0.717) is 0 Å². The second kappa shape index (κ2) is 2.88. The van der Waals surface area contributed by atoms with E-state index in [1.165, 1.54) is 10.4 Å². The smallest absolute Gasteiger partial charge is 0.0919 e. The molecule has 0 aliphatic heterocycles. The molecule has 0 aliphatic carbocycles. The second-order valence-electron chi connectivity index (χ2n) is 2.96. The average molecular weight is 193 g/mol. The van der Waals surface area contributed by atoms with Gasteiger partial charge in [0.2, 0.25) is 0 Å². The largest absolute Gasteiger partial charge is 0.396 e. The highest BCUT2D eigenvalue weighted by Crippen LogP contribution is 2.30. The first-order chi connectivity index (χ1) is 6.20. The Morgan fingerprint density at radius 1 is 1.54 bits per heavy atom. The van der Waals surface area contributed by atoms with E-state index in [0.717, 1.165) is 11.4 Å². The van der Waals surface area contributed by atoms with Crippen LogP contribution in [0.4, 0.5) is 5.69 Å². The molecule has 2 N–H and O–H groups in total. The highest BCUT2D eigenvalue weighted by molar-refractivity contribution is 7.10. The van der Waals surface area contributed by atoms with Crippen molar-refractivity contribution < 1.29 is 0 Å². The van der Waals surface area contributed by atoms with Gasteiger partial charge in [-0.25, -0.2) is 0 Å². The van der Waals surface area contributed by atoms with Crippen LogP contribution in [0.5, 0.6) is 0 Å². The van der Waals surface area contributed by atoms with Crippen LogP contribution >= 0.6 is 11.3 Å². The van der Waals surface area contributed by atoms with E-state index in [1.54, 1.807) is 17.5 Å². The van der Waals surface area contributed by atoms with Gasteiger partial charge in [-0.05, 0) is 18.4 Å². The minimum absolute atomic E-state index is 0.740. The van der Waals surface area contributed by atoms with Crippen LogP contribution in [0.25, 0.3) is 11.3 Å². The fourth-order valence-electron chi connectivity index (χ4n) is 1.41. The normalized spacial score (nSPS) is 10.6. The van der Waals surface area contributed by atoms with Gasteiger partial charge in [0.15, 0.2) is 0 Å². The van der Waals surface area contributed by atoms with Gasteiger partial charge in [0.25, 0.3) is 0 Å². The van der Waals surface area contributed by atoms with Crippen LogP contribution in [0.1, 0.15) is 4.88 Å². The van der Waals surface area contributed by atoms with Crippen molar-refractivity contribution in [3.05, 3.63) is 22.5 Å². The number of rotatable bonds is 1. The number of hydrogen-bond acceptors (Lipinski definition) is 3. The predicted octanol–water partition coefficient (Wildman–Crippen LogP) is 2.04. The van der Waals surface area contributed by atoms with E-state index in [9.17, 15) is 0 Å². The maximum Gasteiger partial charge on any atom is 0.0919 e. The summed E-state index contributed by atoms with van der Waals surface area (Å²) in [7, 11) is 1.91. The number of nitrogen functional groups attached to an aromatic ring is 1. The molecule has 0 spiro atoms. The molecule has 0 unspecified atom stereocenters. The summed E-state index contributed by atoms with van der Waals surface area (Å²) in [4.78, 5) is 1.27. The Morgan fingerprint density at radius 2 is 2.31 bits per heavy atom. The standard InChI is InChI=1S/C9H11N3S/c1-6-7(3-4-13-6)9-8(10)5-11-12(9)2/h3-5H,10H2,1-2H3. The van der Waals surface area contributed by atoms with Crippen LogP contribution in [0.3, 0.4) is 0 Å². The number of anilines is 1. The van der Waals surface area contributed by atoms with Gasteiger partial charge < -0.3 is 5.73 Å². The number of nitrogens with two attached hydrogens (primary N) is 1. The molecule has 2 rings (SSSR count). The third-order valence-electron chi connectivity index (χ3n) is 2.08. The lowest BCUT2D eigenvalue weighted by atomic mass is 10.2. The zero-order valence-corrected chi connectivity index (χ0v) is 8.43. The molecule has 0 aliphatic rings. The van der Waals surface area contributed by atoms with Crippen LogP contribution in [0.2, 0.25) is 0 Å². The van der Waals surface area contributed by atoms with Gasteiger partial charge in [0, 0.05) is 17.5 Å². The van der Waals surface area contributed by atoms with Gasteiger partial charge in [-0.2, -0.15) is 5.10 Å². The quantitative estimate of drug-likeness (QED) is 0.753. The van der Waals surface area contributed by atoms with Crippen molar-refractivity contribution >= 4 is 17.0 Å². The molecule has 13 heavy (non-hydrogen) atoms. The van der Waals surface area contributed by atoms with Crippen molar-refractivity contribution in [3.8, 4) is 11.3 Å². The summed E-state index contributed by atoms with van der Waals surface area (Å²) in [5.41, 5.74) is 8.76. The predicted molar refractivity (Wildman–Crippen MR) is 55.7 cm³/mol. The van der Waals surface area contributed by atoms with Crippen LogP contribution in [0, 0.1) is 6.92 Å². The van der Waals surface area contributed by atoms with Crippen molar-refractivity contribution in [2.24, 2.45) is 7.05 Å². The maximum absolute atomic E-state index is 5.82. The fourth-order valence-corrected chi connectivity index (χ4v) is 2.11. The average Bonchev–Trinajstić information content (AvgIpc) is 2.60. The van der Waals surface area contributed by atoms with E-state index < -0.39 is 0 Å². The van der Waals surface area contributed by atoms with Gasteiger partial charge in [-0.15, -0.1) is 11.3 Å². The number of aromatic nitrogens is 2. The summed E-state index contributed by atoms with van der Waals surface area (Å²) in [5, 5.41) is 6.18. The highest BCUT2D eigenvalue weighted by Gasteiger charge is 2.10. The molecule has 0 aromatic carbocycles. The molecular formula is C9H11N3S. The molecule has 68 valence electrons. The van der Waals surface area contributed by atoms with Crippen molar-refractivity contribution in [2.45, 2.75) is 6.92 Å². The van der Waals surface area contributed by atoms with Crippen molar-refractivity contribution in [1.29, 1.82) is 0 Å². The molecule has 2 aromatic rings. The van der Waals surface area contributed by atoms with E-state index in [2.05, 4.69) is 23.5 Å². The molecule has 4 heteroatoms. The lowest BCUT2D eigenvalue weighted by Crippen LogP contribution is -1.95. The first-order valence-electron chi connectivity index (χ1n) is 4.02. The Kier molecular flexibility index (Phi) is 1.84. The van der Waals surface area contributed by atoms with Gasteiger partial charge in [0.05, 0.1) is 17.6 Å². The number of thiophene rings is 1. The van der Waals surface area contributed by atoms with Crippen LogP contribution in [-0.4, -0.2) is 9.78 Å². The zero-order chi connectivity index (χ0) is 9.42. The number of aryl methyl sites for hydroxylation is 2. The summed E-state index contributed by atoms with van der Waals surface area (Å²) in [6, 6.07) is 2.08. The summed E-state index contributed by atoms with van der Waals surface area (Å²) in [6.07, 6.45) is 1.69. The minimum atomic E-state index is 0.740. The summed E-state index contributed by atoms with van der Waals surface area (Å²) in [6.45, 7) is 2.09. The lowest BCUT2D eigenvalue weighted by Gasteiger charge is -2.01. The summed E-state index contributed by atoms with van der Waals surface area (Å²) in [5.74, 6) is 0. The molecule has 0 bridgehead atoms. The Bertz CT molecular complexity index is 408. The van der Waals surface area contributed by atoms with Crippen LogP contribution < -0.4 is 5.73 Å². The first kappa shape index (κ1) is 8.31. The molecular weight excluding hydrogens is 182 g/mol. The summed E-state index contributed by atoms with van der Waals surface area (Å²) >= 11 is 1.72. The monoisotopic (exact) mass is 193 g/mol. The van der Waals surface area contributed by atoms with E-state index in [1.807, 2.05) is 11.7 Å². The number of hydrogen-bond donors (Lipinski definition) is 1. The first-order valence-corrected chi connectivity index (χ1v) is 4.90. The van der Waals surface area contributed by atoms with Crippen molar-refractivity contribution in [2.75, 3.05) is 5.73 Å². The molecule has 0 atom stereocenters. The summed E-state index contributed by atoms with van der Waals surface area (Å²) < 4.78 is 1.81. The molecule has 2 aromatic heterocycles. The molecule has 0 amide bonds. The molecule has 3 nitrogen and oxygen atoms in total. The Hall–Kier alpha value is -1.29. The minimum Gasteiger partial charge on any atom is -0.396 e. The third-order valence-corrected chi connectivity index (χ3v) is 2.93. The number of nitrogens with zero attached hydrogens (tertiary/aromatic N) is 2. The Balaban J connectivity index is 2.64. The van der Waals surface area contributed by atoms with Crippen LogP contribution in [0.15, 0.2) is 17.6 Å². The van der Waals surface area contributed by atoms with E-state index >= 15 is 0 Å². The maximum atomic E-state index is 5.82. The van der Waals surface area contributed by atoms with Gasteiger partial charge >= 0.3 is 0 Å². The Labute approximate surface area is 80.8 Å². The topological polar surface area (TPSA) is 43.8 Å². The molecule has 0 radical (unpaired) electrons. The second-order valence-corrected chi connectivity index (χ2v) is 4.08. The van der Waals surface area contributed by atoms with Crippen LogP contribution in [-0.2, 0) is 7.05 Å².